The van der Waals surface area contributed by atoms with E-state index in [1.807, 2.05) is 39.2 Å². The second kappa shape index (κ2) is 7.16. The average Bonchev–Trinajstić information content (AvgIpc) is 2.53. The maximum Gasteiger partial charge on any atom is 0.101 e. The fourth-order valence-electron chi connectivity index (χ4n) is 2.83. The quantitative estimate of drug-likeness (QED) is 0.804. The fraction of sp³-hybridized carbons (Fsp3) is 0.381. The van der Waals surface area contributed by atoms with Crippen LogP contribution in [0.2, 0.25) is 0 Å². The highest BCUT2D eigenvalue weighted by molar-refractivity contribution is 5.82. The van der Waals surface area contributed by atoms with Crippen LogP contribution in [-0.4, -0.2) is 19.0 Å². The normalized spacial score (nSPS) is 11.4. The lowest BCUT2D eigenvalue weighted by Gasteiger charge is -2.21. The van der Waals surface area contributed by atoms with Crippen LogP contribution in [0.1, 0.15) is 43.0 Å². The molecule has 0 bridgehead atoms. The number of nitrogens with zero attached hydrogens (tertiary/aromatic N) is 2. The summed E-state index contributed by atoms with van der Waals surface area (Å²) in [6.07, 6.45) is 0. The Morgan fingerprint density at radius 2 is 1.76 bits per heavy atom. The zero-order valence-electron chi connectivity index (χ0n) is 16.1. The minimum absolute atomic E-state index is 0.109. The van der Waals surface area contributed by atoms with E-state index in [-0.39, 0.29) is 5.41 Å². The third-order valence-corrected chi connectivity index (χ3v) is 4.32. The lowest BCUT2D eigenvalue weighted by molar-refractivity contribution is 0.402. The molecule has 25 heavy (non-hydrogen) atoms. The van der Waals surface area contributed by atoms with Crippen LogP contribution in [0.4, 0.5) is 17.1 Å². The fourth-order valence-corrected chi connectivity index (χ4v) is 2.83. The number of nitrogen functional groups attached to an aromatic ring is 1. The van der Waals surface area contributed by atoms with Crippen LogP contribution < -0.4 is 11.1 Å². The summed E-state index contributed by atoms with van der Waals surface area (Å²) >= 11 is 0. The van der Waals surface area contributed by atoms with Crippen LogP contribution in [0.25, 0.3) is 0 Å². The second-order valence-corrected chi connectivity index (χ2v) is 7.81. The zero-order valence-corrected chi connectivity index (χ0v) is 16.1. The van der Waals surface area contributed by atoms with Gasteiger partial charge in [0.15, 0.2) is 0 Å². The molecule has 0 aromatic heterocycles. The average molecular weight is 336 g/mol. The van der Waals surface area contributed by atoms with E-state index in [2.05, 4.69) is 49.2 Å². The number of aryl methyl sites for hydroxylation is 1. The van der Waals surface area contributed by atoms with Gasteiger partial charge in [0.05, 0.1) is 16.9 Å². The van der Waals surface area contributed by atoms with Crippen LogP contribution >= 0.6 is 0 Å². The Bertz CT molecular complexity index is 791. The number of benzene rings is 2. The number of nitrogens with one attached hydrogen (secondary N) is 1. The number of nitrogens with two attached hydrogens (primary N) is 1. The Hall–Kier alpha value is -2.51. The van der Waals surface area contributed by atoms with E-state index in [0.717, 1.165) is 23.4 Å². The second-order valence-electron chi connectivity index (χ2n) is 7.81. The monoisotopic (exact) mass is 336 g/mol. The van der Waals surface area contributed by atoms with Gasteiger partial charge in [-0.1, -0.05) is 32.9 Å². The van der Waals surface area contributed by atoms with E-state index in [1.165, 1.54) is 5.56 Å². The molecule has 4 nitrogen and oxygen atoms in total. The molecule has 0 fully saturated rings. The molecule has 0 unspecified atom stereocenters. The number of hydrogen-bond donors (Lipinski definition) is 2. The van der Waals surface area contributed by atoms with Gasteiger partial charge in [-0.05, 0) is 61.3 Å². The van der Waals surface area contributed by atoms with Gasteiger partial charge in [0.1, 0.15) is 6.07 Å². The van der Waals surface area contributed by atoms with Crippen LogP contribution in [0.5, 0.6) is 0 Å². The summed E-state index contributed by atoms with van der Waals surface area (Å²) < 4.78 is 0. The molecule has 0 amide bonds. The Kier molecular flexibility index (Phi) is 5.39. The molecule has 3 N–H and O–H groups in total. The van der Waals surface area contributed by atoms with Crippen LogP contribution in [-0.2, 0) is 12.0 Å². The molecule has 2 rings (SSSR count). The number of anilines is 3. The van der Waals surface area contributed by atoms with E-state index in [4.69, 9.17) is 5.73 Å². The van der Waals surface area contributed by atoms with Crippen molar-refractivity contribution in [1.29, 1.82) is 5.26 Å². The van der Waals surface area contributed by atoms with Crippen LogP contribution in [0.3, 0.4) is 0 Å². The van der Waals surface area contributed by atoms with Crippen LogP contribution in [0.15, 0.2) is 30.3 Å². The molecule has 0 saturated heterocycles. The van der Waals surface area contributed by atoms with Gasteiger partial charge in [-0.3, -0.25) is 0 Å². The lowest BCUT2D eigenvalue weighted by Crippen LogP contribution is -2.15. The number of rotatable bonds is 4. The number of nitriles is 1. The van der Waals surface area contributed by atoms with Crippen molar-refractivity contribution < 1.29 is 0 Å². The summed E-state index contributed by atoms with van der Waals surface area (Å²) in [5, 5.41) is 12.9. The maximum absolute atomic E-state index is 9.51. The molecule has 0 radical (unpaired) electrons. The predicted molar refractivity (Wildman–Crippen MR) is 106 cm³/mol. The van der Waals surface area contributed by atoms with E-state index >= 15 is 0 Å². The van der Waals surface area contributed by atoms with Gasteiger partial charge in [-0.15, -0.1) is 0 Å². The van der Waals surface area contributed by atoms with Crippen molar-refractivity contribution in [3.63, 3.8) is 0 Å². The third-order valence-electron chi connectivity index (χ3n) is 4.32. The van der Waals surface area contributed by atoms with Gasteiger partial charge in [0.2, 0.25) is 0 Å². The first-order chi connectivity index (χ1) is 11.6. The smallest absolute Gasteiger partial charge is 0.101 e. The van der Waals surface area contributed by atoms with Gasteiger partial charge in [-0.25, -0.2) is 0 Å². The molecule has 0 aliphatic rings. The van der Waals surface area contributed by atoms with E-state index in [0.29, 0.717) is 16.9 Å². The predicted octanol–water partition coefficient (Wildman–Crippen LogP) is 4.55. The van der Waals surface area contributed by atoms with Gasteiger partial charge in [0.25, 0.3) is 0 Å². The molecule has 0 saturated carbocycles. The van der Waals surface area contributed by atoms with Gasteiger partial charge in [0, 0.05) is 12.2 Å². The first kappa shape index (κ1) is 18.8. The summed E-state index contributed by atoms with van der Waals surface area (Å²) in [6.45, 7) is 9.30. The van der Waals surface area contributed by atoms with E-state index in [1.54, 1.807) is 0 Å². The first-order valence-electron chi connectivity index (χ1n) is 8.48. The van der Waals surface area contributed by atoms with Crippen molar-refractivity contribution in [3.05, 3.63) is 52.6 Å². The van der Waals surface area contributed by atoms with Crippen molar-refractivity contribution in [3.8, 4) is 6.07 Å². The summed E-state index contributed by atoms with van der Waals surface area (Å²) in [4.78, 5) is 2.08. The molecule has 2 aromatic rings. The van der Waals surface area contributed by atoms with E-state index in [9.17, 15) is 5.26 Å². The molecule has 2 aromatic carbocycles. The SMILES string of the molecule is Cc1cc(C#N)c(Nc2ccc(C(C)(C)C)cc2)c(N)c1CN(C)C. The molecular weight excluding hydrogens is 308 g/mol. The minimum Gasteiger partial charge on any atom is -0.397 e. The standard InChI is InChI=1S/C21H28N4/c1-14-11-15(12-22)20(19(23)18(14)13-25(5)6)24-17-9-7-16(8-10-17)21(2,3)4/h7-11,24H,13,23H2,1-6H3. The Balaban J connectivity index is 2.43. The Morgan fingerprint density at radius 3 is 2.24 bits per heavy atom. The molecule has 132 valence electrons. The third kappa shape index (κ3) is 4.32. The summed E-state index contributed by atoms with van der Waals surface area (Å²) in [5.74, 6) is 0. The molecule has 4 heteroatoms. The van der Waals surface area contributed by atoms with Gasteiger partial charge < -0.3 is 16.0 Å². The molecule has 0 aliphatic heterocycles. The Labute approximate surface area is 151 Å². The molecular formula is C21H28N4. The maximum atomic E-state index is 9.51. The molecule has 0 atom stereocenters. The van der Waals surface area contributed by atoms with Crippen LogP contribution in [0, 0.1) is 18.3 Å². The highest BCUT2D eigenvalue weighted by Gasteiger charge is 2.16. The summed E-state index contributed by atoms with van der Waals surface area (Å²) in [5.41, 5.74) is 12.7. The topological polar surface area (TPSA) is 65.1 Å². The minimum atomic E-state index is 0.109. The summed E-state index contributed by atoms with van der Waals surface area (Å²) in [6, 6.07) is 12.5. The van der Waals surface area contributed by atoms with Crippen molar-refractivity contribution >= 4 is 17.1 Å². The first-order valence-corrected chi connectivity index (χ1v) is 8.48. The number of hydrogen-bond acceptors (Lipinski definition) is 4. The summed E-state index contributed by atoms with van der Waals surface area (Å²) in [7, 11) is 4.02. The molecule has 0 spiro atoms. The highest BCUT2D eigenvalue weighted by atomic mass is 15.1. The van der Waals surface area contributed by atoms with Crippen molar-refractivity contribution in [2.45, 2.75) is 39.7 Å². The van der Waals surface area contributed by atoms with Crippen molar-refractivity contribution in [2.24, 2.45) is 0 Å². The zero-order chi connectivity index (χ0) is 18.8. The molecule has 0 aliphatic carbocycles. The Morgan fingerprint density at radius 1 is 1.16 bits per heavy atom. The van der Waals surface area contributed by atoms with Gasteiger partial charge in [-0.2, -0.15) is 5.26 Å². The lowest BCUT2D eigenvalue weighted by atomic mass is 9.87. The van der Waals surface area contributed by atoms with Gasteiger partial charge >= 0.3 is 0 Å². The van der Waals surface area contributed by atoms with Crippen molar-refractivity contribution in [2.75, 3.05) is 25.1 Å². The highest BCUT2D eigenvalue weighted by Crippen LogP contribution is 2.34. The van der Waals surface area contributed by atoms with Crippen molar-refractivity contribution in [1.82, 2.24) is 4.90 Å². The largest absolute Gasteiger partial charge is 0.397 e. The van der Waals surface area contributed by atoms with E-state index < -0.39 is 0 Å². The molecule has 0 heterocycles.